The molecule has 0 unspecified atom stereocenters. The van der Waals surface area contributed by atoms with E-state index in [1.165, 1.54) is 0 Å². The van der Waals surface area contributed by atoms with Crippen molar-refractivity contribution in [2.24, 2.45) is 5.92 Å². The van der Waals surface area contributed by atoms with E-state index in [2.05, 4.69) is 15.3 Å². The van der Waals surface area contributed by atoms with Crippen molar-refractivity contribution in [3.05, 3.63) is 78.8 Å². The second kappa shape index (κ2) is 9.84. The molecule has 7 nitrogen and oxygen atoms in total. The van der Waals surface area contributed by atoms with Crippen LogP contribution in [0.3, 0.4) is 0 Å². The molecule has 4 rings (SSSR count). The molecule has 31 heavy (non-hydrogen) atoms. The van der Waals surface area contributed by atoms with Gasteiger partial charge in [0, 0.05) is 37.5 Å². The number of aromatic nitrogens is 2. The summed E-state index contributed by atoms with van der Waals surface area (Å²) in [6.45, 7) is 1.17. The second-order valence-corrected chi connectivity index (χ2v) is 7.48. The Kier molecular flexibility index (Phi) is 6.52. The van der Waals surface area contributed by atoms with Gasteiger partial charge in [-0.3, -0.25) is 14.6 Å². The van der Waals surface area contributed by atoms with Crippen molar-refractivity contribution in [1.29, 1.82) is 0 Å². The predicted octanol–water partition coefficient (Wildman–Crippen LogP) is 3.69. The average Bonchev–Trinajstić information content (AvgIpc) is 2.82. The van der Waals surface area contributed by atoms with Crippen LogP contribution in [0.2, 0.25) is 0 Å². The maximum absolute atomic E-state index is 12.6. The van der Waals surface area contributed by atoms with Crippen LogP contribution in [0, 0.1) is 5.92 Å². The smallest absolute Gasteiger partial charge is 0.227 e. The minimum absolute atomic E-state index is 0.0436. The molecule has 2 aromatic heterocycles. The fourth-order valence-corrected chi connectivity index (χ4v) is 3.55. The lowest BCUT2D eigenvalue weighted by molar-refractivity contribution is -0.133. The minimum atomic E-state index is -0.123. The highest BCUT2D eigenvalue weighted by molar-refractivity contribution is 5.92. The molecule has 0 spiro atoms. The summed E-state index contributed by atoms with van der Waals surface area (Å²) in [5.74, 6) is 1.08. The van der Waals surface area contributed by atoms with Crippen LogP contribution in [0.25, 0.3) is 0 Å². The fourth-order valence-electron chi connectivity index (χ4n) is 3.55. The summed E-state index contributed by atoms with van der Waals surface area (Å²) in [6.07, 6.45) is 6.62. The Morgan fingerprint density at radius 1 is 1.00 bits per heavy atom. The largest absolute Gasteiger partial charge is 0.439 e. The molecule has 7 heteroatoms. The zero-order chi connectivity index (χ0) is 21.5. The van der Waals surface area contributed by atoms with Crippen LogP contribution < -0.4 is 10.1 Å². The van der Waals surface area contributed by atoms with E-state index in [0.717, 1.165) is 5.56 Å². The molecule has 3 aromatic rings. The number of piperidine rings is 1. The Bertz CT molecular complexity index is 1000. The highest BCUT2D eigenvalue weighted by Crippen LogP contribution is 2.22. The van der Waals surface area contributed by atoms with Gasteiger partial charge in [0.1, 0.15) is 5.75 Å². The molecule has 0 saturated carbocycles. The van der Waals surface area contributed by atoms with Gasteiger partial charge < -0.3 is 15.0 Å². The number of hydrogen-bond acceptors (Lipinski definition) is 5. The lowest BCUT2D eigenvalue weighted by Crippen LogP contribution is -2.42. The van der Waals surface area contributed by atoms with Gasteiger partial charge in [0.25, 0.3) is 0 Å². The molecule has 1 aliphatic rings. The topological polar surface area (TPSA) is 84.4 Å². The van der Waals surface area contributed by atoms with E-state index in [4.69, 9.17) is 4.74 Å². The third-order valence-electron chi connectivity index (χ3n) is 5.27. The third kappa shape index (κ3) is 5.66. The molecule has 1 saturated heterocycles. The molecule has 1 N–H and O–H groups in total. The molecule has 1 fully saturated rings. The number of ether oxygens (including phenoxy) is 1. The number of carbonyl (C=O) groups is 2. The number of anilines is 1. The lowest BCUT2D eigenvalue weighted by atomic mass is 9.95. The SMILES string of the molecule is O=C(Nc1ccc(Oc2ccccc2)nc1)C1CCN(C(=O)Cc2cccnc2)CC1. The highest BCUT2D eigenvalue weighted by atomic mass is 16.5. The standard InChI is InChI=1S/C24H24N4O3/c29-23(15-18-5-4-12-25-16-18)28-13-10-19(11-14-28)24(30)27-20-8-9-22(26-17-20)31-21-6-2-1-3-7-21/h1-9,12,16-17,19H,10-11,13-15H2,(H,27,30). The van der Waals surface area contributed by atoms with Gasteiger partial charge in [-0.2, -0.15) is 0 Å². The quantitative estimate of drug-likeness (QED) is 0.663. The Hall–Kier alpha value is -3.74. The Labute approximate surface area is 181 Å². The van der Waals surface area contributed by atoms with Crippen molar-refractivity contribution in [3.8, 4) is 11.6 Å². The minimum Gasteiger partial charge on any atom is -0.439 e. The van der Waals surface area contributed by atoms with E-state index in [-0.39, 0.29) is 17.7 Å². The van der Waals surface area contributed by atoms with Crippen molar-refractivity contribution in [2.45, 2.75) is 19.3 Å². The van der Waals surface area contributed by atoms with Crippen LogP contribution in [0.1, 0.15) is 18.4 Å². The molecule has 1 aliphatic heterocycles. The van der Waals surface area contributed by atoms with Gasteiger partial charge >= 0.3 is 0 Å². The van der Waals surface area contributed by atoms with Gasteiger partial charge in [0.2, 0.25) is 17.7 Å². The molecule has 2 amide bonds. The molecule has 158 valence electrons. The van der Waals surface area contributed by atoms with E-state index in [1.807, 2.05) is 47.4 Å². The average molecular weight is 416 g/mol. The molecule has 1 aromatic carbocycles. The van der Waals surface area contributed by atoms with Crippen molar-refractivity contribution in [2.75, 3.05) is 18.4 Å². The summed E-state index contributed by atoms with van der Waals surface area (Å²) in [5.41, 5.74) is 1.53. The van der Waals surface area contributed by atoms with Crippen molar-refractivity contribution >= 4 is 17.5 Å². The summed E-state index contributed by atoms with van der Waals surface area (Å²) in [7, 11) is 0. The van der Waals surface area contributed by atoms with Crippen molar-refractivity contribution < 1.29 is 14.3 Å². The normalized spacial score (nSPS) is 14.1. The molecule has 0 aliphatic carbocycles. The first-order valence-electron chi connectivity index (χ1n) is 10.3. The Balaban J connectivity index is 1.25. The molecular formula is C24H24N4O3. The Morgan fingerprint density at radius 3 is 2.48 bits per heavy atom. The van der Waals surface area contributed by atoms with E-state index >= 15 is 0 Å². The number of likely N-dealkylation sites (tertiary alicyclic amines) is 1. The summed E-state index contributed by atoms with van der Waals surface area (Å²) in [6, 6.07) is 16.6. The van der Waals surface area contributed by atoms with Crippen LogP contribution >= 0.6 is 0 Å². The first-order chi connectivity index (χ1) is 15.2. The third-order valence-corrected chi connectivity index (χ3v) is 5.27. The summed E-state index contributed by atoms with van der Waals surface area (Å²) in [5, 5.41) is 2.92. The molecule has 0 radical (unpaired) electrons. The summed E-state index contributed by atoms with van der Waals surface area (Å²) in [4.78, 5) is 35.2. The summed E-state index contributed by atoms with van der Waals surface area (Å²) >= 11 is 0. The number of amides is 2. The number of pyridine rings is 2. The first-order valence-corrected chi connectivity index (χ1v) is 10.3. The van der Waals surface area contributed by atoms with Crippen LogP contribution in [-0.4, -0.2) is 39.8 Å². The molecule has 0 bridgehead atoms. The fraction of sp³-hybridized carbons (Fsp3) is 0.250. The number of carbonyl (C=O) groups excluding carboxylic acids is 2. The van der Waals surface area contributed by atoms with Crippen LogP contribution in [0.15, 0.2) is 73.2 Å². The maximum Gasteiger partial charge on any atom is 0.227 e. The van der Waals surface area contributed by atoms with Gasteiger partial charge in [-0.15, -0.1) is 0 Å². The maximum atomic E-state index is 12.6. The highest BCUT2D eigenvalue weighted by Gasteiger charge is 2.27. The van der Waals surface area contributed by atoms with E-state index < -0.39 is 0 Å². The van der Waals surface area contributed by atoms with E-state index in [1.54, 1.807) is 30.7 Å². The van der Waals surface area contributed by atoms with Gasteiger partial charge in [-0.05, 0) is 42.7 Å². The second-order valence-electron chi connectivity index (χ2n) is 7.48. The van der Waals surface area contributed by atoms with Gasteiger partial charge in [-0.25, -0.2) is 4.98 Å². The zero-order valence-electron chi connectivity index (χ0n) is 17.1. The summed E-state index contributed by atoms with van der Waals surface area (Å²) < 4.78 is 5.67. The van der Waals surface area contributed by atoms with E-state index in [9.17, 15) is 9.59 Å². The number of para-hydroxylation sites is 1. The van der Waals surface area contributed by atoms with Gasteiger partial charge in [0.05, 0.1) is 18.3 Å². The van der Waals surface area contributed by atoms with Crippen LogP contribution in [0.4, 0.5) is 5.69 Å². The van der Waals surface area contributed by atoms with Crippen molar-refractivity contribution in [3.63, 3.8) is 0 Å². The number of benzene rings is 1. The molecular weight excluding hydrogens is 392 g/mol. The Morgan fingerprint density at radius 2 is 1.81 bits per heavy atom. The lowest BCUT2D eigenvalue weighted by Gasteiger charge is -2.31. The monoisotopic (exact) mass is 416 g/mol. The van der Waals surface area contributed by atoms with Crippen molar-refractivity contribution in [1.82, 2.24) is 14.9 Å². The van der Waals surface area contributed by atoms with Gasteiger partial charge in [-0.1, -0.05) is 24.3 Å². The van der Waals surface area contributed by atoms with E-state index in [0.29, 0.717) is 49.7 Å². The number of nitrogens with zero attached hydrogens (tertiary/aromatic N) is 3. The number of nitrogens with one attached hydrogen (secondary N) is 1. The van der Waals surface area contributed by atoms with Crippen LogP contribution in [0.5, 0.6) is 11.6 Å². The zero-order valence-corrected chi connectivity index (χ0v) is 17.1. The number of rotatable bonds is 6. The van der Waals surface area contributed by atoms with Gasteiger partial charge in [0.15, 0.2) is 0 Å². The van der Waals surface area contributed by atoms with Crippen LogP contribution in [-0.2, 0) is 16.0 Å². The predicted molar refractivity (Wildman–Crippen MR) is 117 cm³/mol. The first kappa shape index (κ1) is 20.5. The molecule has 3 heterocycles. The number of hydrogen-bond donors (Lipinski definition) is 1. The molecule has 0 atom stereocenters.